The van der Waals surface area contributed by atoms with E-state index in [0.29, 0.717) is 10.6 Å². The summed E-state index contributed by atoms with van der Waals surface area (Å²) in [5.74, 6) is -1.76. The highest BCUT2D eigenvalue weighted by molar-refractivity contribution is 7.15. The number of aryl methyl sites for hydroxylation is 2. The molecule has 2 aromatic carbocycles. The monoisotopic (exact) mass is 409 g/mol. The number of carbonyl (C=O) groups is 2. The zero-order valence-electron chi connectivity index (χ0n) is 16.0. The van der Waals surface area contributed by atoms with Crippen molar-refractivity contribution in [3.05, 3.63) is 75.9 Å². The number of thiophene rings is 1. The predicted molar refractivity (Wildman–Crippen MR) is 112 cm³/mol. The summed E-state index contributed by atoms with van der Waals surface area (Å²) >= 11 is 1.23. The van der Waals surface area contributed by atoms with Crippen LogP contribution >= 0.6 is 11.3 Å². The van der Waals surface area contributed by atoms with Crippen molar-refractivity contribution in [2.45, 2.75) is 25.7 Å². The molecule has 1 aliphatic carbocycles. The molecule has 0 unspecified atom stereocenters. The Kier molecular flexibility index (Phi) is 5.45. The zero-order chi connectivity index (χ0) is 20.4. The van der Waals surface area contributed by atoms with E-state index < -0.39 is 17.7 Å². The largest absolute Gasteiger partial charge is 0.465 e. The van der Waals surface area contributed by atoms with Crippen molar-refractivity contribution >= 4 is 28.2 Å². The average Bonchev–Trinajstić information content (AvgIpc) is 3.16. The van der Waals surface area contributed by atoms with Crippen LogP contribution in [0.1, 0.15) is 44.7 Å². The van der Waals surface area contributed by atoms with Crippen LogP contribution in [-0.4, -0.2) is 19.0 Å². The molecule has 1 aromatic heterocycles. The number of hydrogen-bond donors (Lipinski definition) is 1. The minimum atomic E-state index is -0.615. The van der Waals surface area contributed by atoms with Crippen LogP contribution in [0.5, 0.6) is 0 Å². The quantitative estimate of drug-likeness (QED) is 0.581. The van der Waals surface area contributed by atoms with Crippen LogP contribution in [0, 0.1) is 5.82 Å². The molecule has 0 fully saturated rings. The molecule has 0 saturated heterocycles. The Hall–Kier alpha value is -2.99. The molecule has 4 nitrogen and oxygen atoms in total. The fourth-order valence-corrected chi connectivity index (χ4v) is 4.64. The van der Waals surface area contributed by atoms with Crippen LogP contribution in [0.25, 0.3) is 11.1 Å². The number of benzene rings is 2. The van der Waals surface area contributed by atoms with Gasteiger partial charge in [0.25, 0.3) is 5.91 Å². The molecular weight excluding hydrogens is 389 g/mol. The Morgan fingerprint density at radius 3 is 2.59 bits per heavy atom. The number of halogens is 1. The van der Waals surface area contributed by atoms with Gasteiger partial charge >= 0.3 is 5.97 Å². The second-order valence-corrected chi connectivity index (χ2v) is 7.85. The lowest BCUT2D eigenvalue weighted by Crippen LogP contribution is -2.15. The molecule has 0 spiro atoms. The Morgan fingerprint density at radius 1 is 1.07 bits per heavy atom. The van der Waals surface area contributed by atoms with Gasteiger partial charge in [0.2, 0.25) is 0 Å². The number of rotatable bonds is 4. The third-order valence-corrected chi connectivity index (χ3v) is 6.08. The van der Waals surface area contributed by atoms with Gasteiger partial charge < -0.3 is 10.1 Å². The number of amides is 1. The number of ether oxygens (including phenoxy) is 1. The first-order valence-corrected chi connectivity index (χ1v) is 10.3. The maximum atomic E-state index is 13.9. The van der Waals surface area contributed by atoms with Crippen LogP contribution in [0.4, 0.5) is 9.39 Å². The number of hydrogen-bond acceptors (Lipinski definition) is 4. The van der Waals surface area contributed by atoms with E-state index in [4.69, 9.17) is 4.74 Å². The second-order valence-electron chi connectivity index (χ2n) is 6.97. The number of nitrogens with one attached hydrogen (secondary N) is 1. The number of anilines is 1. The van der Waals surface area contributed by atoms with Crippen molar-refractivity contribution in [3.63, 3.8) is 0 Å². The van der Waals surface area contributed by atoms with Gasteiger partial charge in [0.15, 0.2) is 0 Å². The van der Waals surface area contributed by atoms with Crippen LogP contribution in [0.3, 0.4) is 0 Å². The molecule has 1 aliphatic rings. The van der Waals surface area contributed by atoms with Gasteiger partial charge in [-0.05, 0) is 54.5 Å². The number of fused-ring (bicyclic) bond motifs is 1. The first-order chi connectivity index (χ1) is 14.1. The molecule has 148 valence electrons. The van der Waals surface area contributed by atoms with Gasteiger partial charge in [-0.2, -0.15) is 0 Å². The van der Waals surface area contributed by atoms with Gasteiger partial charge in [0.05, 0.1) is 12.7 Å². The maximum absolute atomic E-state index is 13.9. The van der Waals surface area contributed by atoms with Crippen molar-refractivity contribution in [1.82, 2.24) is 0 Å². The third-order valence-electron chi connectivity index (χ3n) is 5.19. The topological polar surface area (TPSA) is 55.4 Å². The second kappa shape index (κ2) is 8.17. The summed E-state index contributed by atoms with van der Waals surface area (Å²) < 4.78 is 18.9. The van der Waals surface area contributed by atoms with E-state index in [0.717, 1.165) is 24.8 Å². The lowest BCUT2D eigenvalue weighted by Gasteiger charge is -2.16. The van der Waals surface area contributed by atoms with E-state index in [-0.39, 0.29) is 11.1 Å². The normalized spacial score (nSPS) is 12.9. The highest BCUT2D eigenvalue weighted by Gasteiger charge is 2.24. The van der Waals surface area contributed by atoms with Gasteiger partial charge in [-0.3, -0.25) is 4.79 Å². The molecule has 0 saturated carbocycles. The van der Waals surface area contributed by atoms with Gasteiger partial charge in [-0.1, -0.05) is 30.3 Å². The van der Waals surface area contributed by atoms with E-state index in [1.807, 2.05) is 11.4 Å². The summed E-state index contributed by atoms with van der Waals surface area (Å²) in [6.07, 6.45) is 4.46. The fourth-order valence-electron chi connectivity index (χ4n) is 3.68. The molecule has 0 aliphatic heterocycles. The Balaban J connectivity index is 1.72. The van der Waals surface area contributed by atoms with Gasteiger partial charge in [-0.15, -0.1) is 11.3 Å². The summed E-state index contributed by atoms with van der Waals surface area (Å²) in [5, 5.41) is 4.85. The van der Waals surface area contributed by atoms with Crippen molar-refractivity contribution in [2.24, 2.45) is 0 Å². The number of esters is 1. The fraction of sp³-hybridized carbons (Fsp3) is 0.217. The minimum absolute atomic E-state index is 0.0768. The first kappa shape index (κ1) is 19.3. The molecule has 1 N–H and O–H groups in total. The summed E-state index contributed by atoms with van der Waals surface area (Å²) in [6.45, 7) is 0. The molecule has 3 aromatic rings. The van der Waals surface area contributed by atoms with E-state index in [1.54, 1.807) is 6.07 Å². The molecule has 29 heavy (non-hydrogen) atoms. The highest BCUT2D eigenvalue weighted by atomic mass is 32.1. The maximum Gasteiger partial charge on any atom is 0.341 e. The van der Waals surface area contributed by atoms with E-state index in [2.05, 4.69) is 17.4 Å². The molecule has 0 atom stereocenters. The van der Waals surface area contributed by atoms with Crippen LogP contribution < -0.4 is 5.32 Å². The lowest BCUT2D eigenvalue weighted by molar-refractivity contribution is 0.0603. The van der Waals surface area contributed by atoms with Crippen LogP contribution in [-0.2, 0) is 17.6 Å². The molecule has 1 amide bonds. The Morgan fingerprint density at radius 2 is 1.83 bits per heavy atom. The van der Waals surface area contributed by atoms with Crippen molar-refractivity contribution in [3.8, 4) is 11.1 Å². The number of methoxy groups -OCH3 is 1. The van der Waals surface area contributed by atoms with Gasteiger partial charge in [0, 0.05) is 10.9 Å². The summed E-state index contributed by atoms with van der Waals surface area (Å²) in [5.41, 5.74) is 4.48. The highest BCUT2D eigenvalue weighted by Crippen LogP contribution is 2.38. The van der Waals surface area contributed by atoms with Crippen LogP contribution in [0.2, 0.25) is 0 Å². The zero-order valence-corrected chi connectivity index (χ0v) is 16.8. The Bertz CT molecular complexity index is 1090. The molecule has 6 heteroatoms. The SMILES string of the molecule is COC(=O)c1c(-c2ccc3c(c2)CCCC3)csc1NC(=O)c1ccccc1F. The third kappa shape index (κ3) is 3.80. The van der Waals surface area contributed by atoms with Crippen molar-refractivity contribution in [1.29, 1.82) is 0 Å². The first-order valence-electron chi connectivity index (χ1n) is 9.46. The van der Waals surface area contributed by atoms with Gasteiger partial charge in [-0.25, -0.2) is 9.18 Å². The predicted octanol–water partition coefficient (Wildman–Crippen LogP) is 5.47. The molecule has 4 rings (SSSR count). The van der Waals surface area contributed by atoms with E-state index in [9.17, 15) is 14.0 Å². The van der Waals surface area contributed by atoms with Crippen LogP contribution in [0.15, 0.2) is 47.8 Å². The molecule has 0 bridgehead atoms. The van der Waals surface area contributed by atoms with Gasteiger partial charge in [0.1, 0.15) is 16.4 Å². The summed E-state index contributed by atoms with van der Waals surface area (Å²) in [6, 6.07) is 12.0. The molecule has 0 radical (unpaired) electrons. The standard InChI is InChI=1S/C23H20FNO3S/c1-28-23(27)20-18(16-11-10-14-6-2-3-7-15(14)12-16)13-29-22(20)25-21(26)17-8-4-5-9-19(17)24/h4-5,8-13H,2-3,6-7H2,1H3,(H,25,26). The molecule has 1 heterocycles. The Labute approximate surface area is 172 Å². The minimum Gasteiger partial charge on any atom is -0.465 e. The summed E-state index contributed by atoms with van der Waals surface area (Å²) in [4.78, 5) is 25.1. The van der Waals surface area contributed by atoms with E-state index in [1.165, 1.54) is 54.2 Å². The molecular formula is C23H20FNO3S. The van der Waals surface area contributed by atoms with Crippen molar-refractivity contribution < 1.29 is 18.7 Å². The summed E-state index contributed by atoms with van der Waals surface area (Å²) in [7, 11) is 1.30. The number of carbonyl (C=O) groups excluding carboxylic acids is 2. The lowest BCUT2D eigenvalue weighted by atomic mass is 9.89. The smallest absolute Gasteiger partial charge is 0.341 e. The van der Waals surface area contributed by atoms with E-state index >= 15 is 0 Å². The van der Waals surface area contributed by atoms with Crippen molar-refractivity contribution in [2.75, 3.05) is 12.4 Å². The average molecular weight is 409 g/mol.